The predicted octanol–water partition coefficient (Wildman–Crippen LogP) is 1.58. The minimum atomic E-state index is 0. The summed E-state index contributed by atoms with van der Waals surface area (Å²) in [6.45, 7) is 3.78. The van der Waals surface area contributed by atoms with Crippen LogP contribution in [0.25, 0.3) is 0 Å². The van der Waals surface area contributed by atoms with Gasteiger partial charge in [0.15, 0.2) is 0 Å². The van der Waals surface area contributed by atoms with Gasteiger partial charge in [-0.3, -0.25) is 0 Å². The predicted molar refractivity (Wildman–Crippen MR) is 29.9 cm³/mol. The van der Waals surface area contributed by atoms with Crippen LogP contribution in [0.4, 0.5) is 0 Å². The van der Waals surface area contributed by atoms with E-state index in [2.05, 4.69) is 0 Å². The maximum absolute atomic E-state index is 10.4. The molecule has 0 aliphatic carbocycles. The summed E-state index contributed by atoms with van der Waals surface area (Å²) in [6, 6.07) is 0. The average molecular weight is 188 g/mol. The fraction of sp³-hybridized carbons (Fsp3) is 0.667. The van der Waals surface area contributed by atoms with E-state index in [1.54, 1.807) is 0 Å². The first-order valence-electron chi connectivity index (χ1n) is 2.60. The summed E-state index contributed by atoms with van der Waals surface area (Å²) < 4.78 is 0. The number of hydrogen-bond donors (Lipinski definition) is 0. The zero-order valence-electron chi connectivity index (χ0n) is 5.48. The van der Waals surface area contributed by atoms with Gasteiger partial charge in [-0.25, -0.2) is 0 Å². The van der Waals surface area contributed by atoms with Crippen LogP contribution in [-0.4, -0.2) is 5.78 Å². The van der Waals surface area contributed by atoms with Crippen LogP contribution < -0.4 is 0 Å². The molecule has 0 fully saturated rings. The average Bonchev–Trinajstić information content (AvgIpc) is 1.68. The summed E-state index contributed by atoms with van der Waals surface area (Å²) in [5, 5.41) is 0. The standard InChI is InChI=1S/C6H11O.Y/c1-3-5-6(7)4-2;/h3H,4-5H2,1-2H3;/q-1;. The summed E-state index contributed by atoms with van der Waals surface area (Å²) in [7, 11) is 0. The van der Waals surface area contributed by atoms with Crippen LogP contribution in [0.5, 0.6) is 0 Å². The molecule has 0 rings (SSSR count). The number of rotatable bonds is 3. The molecule has 1 nitrogen and oxygen atoms in total. The van der Waals surface area contributed by atoms with Crippen molar-refractivity contribution in [2.24, 2.45) is 0 Å². The molecule has 45 valence electrons. The van der Waals surface area contributed by atoms with E-state index in [1.165, 1.54) is 0 Å². The van der Waals surface area contributed by atoms with Gasteiger partial charge in [0, 0.05) is 39.1 Å². The quantitative estimate of drug-likeness (QED) is 0.614. The van der Waals surface area contributed by atoms with E-state index < -0.39 is 0 Å². The smallest absolute Gasteiger partial charge is 0.103 e. The summed E-state index contributed by atoms with van der Waals surface area (Å²) in [4.78, 5) is 10.4. The minimum Gasteiger partial charge on any atom is -0.324 e. The Balaban J connectivity index is 0. The van der Waals surface area contributed by atoms with Gasteiger partial charge in [-0.1, -0.05) is 6.92 Å². The summed E-state index contributed by atoms with van der Waals surface area (Å²) in [6.07, 6.45) is 3.19. The second-order valence-electron chi connectivity index (χ2n) is 1.50. The Labute approximate surface area is 76.1 Å². The van der Waals surface area contributed by atoms with Gasteiger partial charge in [-0.15, -0.1) is 6.42 Å². The van der Waals surface area contributed by atoms with Crippen LogP contribution in [0.15, 0.2) is 0 Å². The Hall–Kier alpha value is 0.774. The van der Waals surface area contributed by atoms with Crippen molar-refractivity contribution >= 4 is 5.78 Å². The largest absolute Gasteiger partial charge is 0.324 e. The van der Waals surface area contributed by atoms with Crippen molar-refractivity contribution in [2.75, 3.05) is 0 Å². The second-order valence-corrected chi connectivity index (χ2v) is 1.50. The molecule has 0 amide bonds. The Kier molecular flexibility index (Phi) is 11.2. The van der Waals surface area contributed by atoms with E-state index in [1.807, 2.05) is 20.3 Å². The molecule has 0 aromatic rings. The Morgan fingerprint density at radius 2 is 2.12 bits per heavy atom. The molecule has 0 aliphatic rings. The molecule has 0 N–H and O–H groups in total. The van der Waals surface area contributed by atoms with Gasteiger partial charge in [-0.2, -0.15) is 6.92 Å². The van der Waals surface area contributed by atoms with Crippen LogP contribution >= 0.6 is 0 Å². The Bertz CT molecular complexity index is 61.5. The maximum atomic E-state index is 10.4. The molecular formula is C6H11OY-. The fourth-order valence-corrected chi connectivity index (χ4v) is 0.372. The van der Waals surface area contributed by atoms with Gasteiger partial charge in [0.25, 0.3) is 0 Å². The summed E-state index contributed by atoms with van der Waals surface area (Å²) >= 11 is 0. The van der Waals surface area contributed by atoms with Gasteiger partial charge >= 0.3 is 0 Å². The van der Waals surface area contributed by atoms with Crippen LogP contribution in [0.2, 0.25) is 0 Å². The molecule has 0 heterocycles. The van der Waals surface area contributed by atoms with E-state index >= 15 is 0 Å². The van der Waals surface area contributed by atoms with Crippen molar-refractivity contribution < 1.29 is 37.5 Å². The van der Waals surface area contributed by atoms with Crippen molar-refractivity contribution in [2.45, 2.75) is 26.7 Å². The number of ketones is 1. The minimum absolute atomic E-state index is 0. The first kappa shape index (κ1) is 11.6. The topological polar surface area (TPSA) is 17.1 Å². The van der Waals surface area contributed by atoms with Gasteiger partial charge in [0.1, 0.15) is 5.78 Å². The zero-order chi connectivity index (χ0) is 5.70. The van der Waals surface area contributed by atoms with E-state index in [0.717, 1.165) is 0 Å². The molecule has 0 spiro atoms. The molecular weight excluding hydrogens is 177 g/mol. The van der Waals surface area contributed by atoms with Gasteiger partial charge in [-0.05, 0) is 0 Å². The van der Waals surface area contributed by atoms with Crippen molar-refractivity contribution in [1.29, 1.82) is 0 Å². The first-order chi connectivity index (χ1) is 3.31. The van der Waals surface area contributed by atoms with Gasteiger partial charge < -0.3 is 11.2 Å². The Morgan fingerprint density at radius 1 is 1.62 bits per heavy atom. The molecule has 0 aromatic carbocycles. The molecule has 0 bridgehead atoms. The molecule has 0 aliphatic heterocycles. The third-order valence-corrected chi connectivity index (χ3v) is 0.826. The molecule has 0 saturated heterocycles. The zero-order valence-corrected chi connectivity index (χ0v) is 8.32. The normalized spacial score (nSPS) is 7.75. The van der Waals surface area contributed by atoms with Gasteiger partial charge in [0.2, 0.25) is 0 Å². The summed E-state index contributed by atoms with van der Waals surface area (Å²) in [5.74, 6) is 0.322. The van der Waals surface area contributed by atoms with Crippen LogP contribution in [0, 0.1) is 6.42 Å². The first-order valence-corrected chi connectivity index (χ1v) is 2.60. The third kappa shape index (κ3) is 6.77. The molecule has 2 heteroatoms. The number of carbonyl (C=O) groups is 1. The monoisotopic (exact) mass is 188 g/mol. The van der Waals surface area contributed by atoms with E-state index in [4.69, 9.17) is 0 Å². The van der Waals surface area contributed by atoms with E-state index in [9.17, 15) is 4.79 Å². The molecule has 0 atom stereocenters. The number of carbonyl (C=O) groups excluding carboxylic acids is 1. The number of Topliss-reactive ketones (excluding diaryl/α,β-unsaturated/α-hetero) is 1. The molecule has 8 heavy (non-hydrogen) atoms. The number of hydrogen-bond acceptors (Lipinski definition) is 1. The molecule has 1 radical (unpaired) electrons. The molecule has 0 aromatic heterocycles. The molecule has 0 saturated carbocycles. The van der Waals surface area contributed by atoms with Crippen LogP contribution in [-0.2, 0) is 37.5 Å². The maximum Gasteiger partial charge on any atom is 0.103 e. The van der Waals surface area contributed by atoms with Crippen molar-refractivity contribution in [3.8, 4) is 0 Å². The van der Waals surface area contributed by atoms with Crippen molar-refractivity contribution in [3.05, 3.63) is 6.42 Å². The SMILES string of the molecule is C[CH-]CC(=O)CC.[Y]. The van der Waals surface area contributed by atoms with Crippen LogP contribution in [0.3, 0.4) is 0 Å². The Morgan fingerprint density at radius 3 is 2.25 bits per heavy atom. The third-order valence-electron chi connectivity index (χ3n) is 0.826. The molecule has 0 unspecified atom stereocenters. The van der Waals surface area contributed by atoms with Crippen molar-refractivity contribution in [3.63, 3.8) is 0 Å². The van der Waals surface area contributed by atoms with Gasteiger partial charge in [0.05, 0.1) is 0 Å². The van der Waals surface area contributed by atoms with E-state index in [-0.39, 0.29) is 32.7 Å². The second kappa shape index (κ2) is 7.77. The van der Waals surface area contributed by atoms with Crippen LogP contribution in [0.1, 0.15) is 26.7 Å². The van der Waals surface area contributed by atoms with E-state index in [0.29, 0.717) is 18.6 Å². The fourth-order valence-electron chi connectivity index (χ4n) is 0.372. The van der Waals surface area contributed by atoms with Crippen molar-refractivity contribution in [1.82, 2.24) is 0 Å². The summed E-state index contributed by atoms with van der Waals surface area (Å²) in [5.41, 5.74) is 0.